The van der Waals surface area contributed by atoms with Gasteiger partial charge in [-0.15, -0.1) is 0 Å². The first-order valence-electron chi connectivity index (χ1n) is 19.5. The molecule has 0 spiro atoms. The van der Waals surface area contributed by atoms with Gasteiger partial charge in [-0.1, -0.05) is 102 Å². The average molecular weight is 910 g/mol. The molecule has 2 N–H and O–H groups in total. The smallest absolute Gasteiger partial charge is 0.407 e. The molecule has 0 radical (unpaired) electrons. The van der Waals surface area contributed by atoms with Gasteiger partial charge in [0.25, 0.3) is 0 Å². The molecule has 3 aromatic carbocycles. The fourth-order valence-electron chi connectivity index (χ4n) is 6.69. The molecule has 0 bridgehead atoms. The van der Waals surface area contributed by atoms with Crippen LogP contribution in [0.4, 0.5) is 10.5 Å². The van der Waals surface area contributed by atoms with Gasteiger partial charge in [-0.2, -0.15) is 0 Å². The maximum absolute atomic E-state index is 13.7. The van der Waals surface area contributed by atoms with Crippen molar-refractivity contribution in [3.63, 3.8) is 0 Å². The van der Waals surface area contributed by atoms with Crippen LogP contribution in [-0.4, -0.2) is 102 Å². The van der Waals surface area contributed by atoms with Crippen molar-refractivity contribution in [2.24, 2.45) is 5.92 Å². The first-order chi connectivity index (χ1) is 29.0. The molecule has 2 amide bonds. The zero-order valence-corrected chi connectivity index (χ0v) is 36.5. The first-order valence-corrected chi connectivity index (χ1v) is 20.7. The van der Waals surface area contributed by atoms with E-state index in [2.05, 4.69) is 5.32 Å². The lowest BCUT2D eigenvalue weighted by atomic mass is 9.82. The van der Waals surface area contributed by atoms with Crippen LogP contribution in [0.15, 0.2) is 84.9 Å². The summed E-state index contributed by atoms with van der Waals surface area (Å²) in [5.74, 6) is -3.16. The van der Waals surface area contributed by atoms with E-state index in [1.165, 1.54) is 37.8 Å². The van der Waals surface area contributed by atoms with Gasteiger partial charge in [0.2, 0.25) is 9.70 Å². The van der Waals surface area contributed by atoms with E-state index < -0.39 is 83.0 Å². The van der Waals surface area contributed by atoms with Crippen LogP contribution in [0.1, 0.15) is 51.7 Å². The van der Waals surface area contributed by atoms with Crippen LogP contribution in [0.3, 0.4) is 0 Å². The molecule has 0 aromatic heterocycles. The van der Waals surface area contributed by atoms with E-state index in [1.807, 2.05) is 60.7 Å². The predicted octanol–water partition coefficient (Wildman–Crippen LogP) is 6.60. The molecule has 0 saturated carbocycles. The molecule has 7 atom stereocenters. The molecule has 15 nitrogen and oxygen atoms in total. The Kier molecular flexibility index (Phi) is 19.4. The fourth-order valence-corrected chi connectivity index (χ4v) is 6.86. The number of amides is 2. The molecule has 1 saturated heterocycles. The molecule has 4 rings (SSSR count). The molecular weight excluding hydrogens is 859 g/mol. The number of phenols is 1. The first kappa shape index (κ1) is 49.0. The third kappa shape index (κ3) is 17.3. The van der Waals surface area contributed by atoms with Crippen LogP contribution < -0.4 is 10.2 Å². The Labute approximate surface area is 369 Å². The van der Waals surface area contributed by atoms with Gasteiger partial charge >= 0.3 is 24.0 Å². The minimum atomic E-state index is -1.96. The Hall–Kier alpha value is -4.64. The van der Waals surface area contributed by atoms with Gasteiger partial charge < -0.3 is 48.5 Å². The van der Waals surface area contributed by atoms with Crippen molar-refractivity contribution in [3.05, 3.63) is 96.1 Å². The van der Waals surface area contributed by atoms with E-state index in [-0.39, 0.29) is 51.4 Å². The average Bonchev–Trinajstić information content (AvgIpc) is 3.17. The number of carbonyl (C=O) groups excluding carboxylic acids is 5. The van der Waals surface area contributed by atoms with E-state index in [0.717, 1.165) is 11.1 Å². The summed E-state index contributed by atoms with van der Waals surface area (Å²) in [6, 6.07) is 23.5. The normalized spacial score (nSPS) is 19.8. The molecule has 1 fully saturated rings. The number of anilines is 1. The predicted molar refractivity (Wildman–Crippen MR) is 225 cm³/mol. The maximum atomic E-state index is 13.7. The summed E-state index contributed by atoms with van der Waals surface area (Å²) in [6.07, 6.45) is -6.34. The maximum Gasteiger partial charge on any atom is 0.407 e. The van der Waals surface area contributed by atoms with Gasteiger partial charge in [-0.3, -0.25) is 19.2 Å². The number of carbonyl (C=O) groups is 5. The molecule has 1 heterocycles. The summed E-state index contributed by atoms with van der Waals surface area (Å²) in [5, 5.41) is 13.0. The Balaban J connectivity index is 1.72. The topological polar surface area (TPSA) is 185 Å². The van der Waals surface area contributed by atoms with Crippen molar-refractivity contribution in [1.82, 2.24) is 5.32 Å². The van der Waals surface area contributed by atoms with E-state index >= 15 is 0 Å². The number of nitrogens with one attached hydrogen (secondary N) is 1. The third-order valence-electron chi connectivity index (χ3n) is 9.17. The molecule has 1 aliphatic heterocycles. The van der Waals surface area contributed by atoms with Crippen molar-refractivity contribution in [2.45, 2.75) is 94.1 Å². The molecule has 1 aliphatic rings. The molecule has 3 aromatic rings. The number of esters is 3. The van der Waals surface area contributed by atoms with Crippen LogP contribution in [0, 0.1) is 5.92 Å². The van der Waals surface area contributed by atoms with Gasteiger partial charge in [0.05, 0.1) is 38.8 Å². The number of halogens is 3. The molecule has 61 heavy (non-hydrogen) atoms. The zero-order chi connectivity index (χ0) is 44.5. The Morgan fingerprint density at radius 1 is 0.852 bits per heavy atom. The van der Waals surface area contributed by atoms with Crippen molar-refractivity contribution < 1.29 is 62.2 Å². The Morgan fingerprint density at radius 2 is 1.48 bits per heavy atom. The highest BCUT2D eigenvalue weighted by Crippen LogP contribution is 2.34. The second-order valence-electron chi connectivity index (χ2n) is 14.4. The summed E-state index contributed by atoms with van der Waals surface area (Å²) < 4.78 is 39.0. The quantitative estimate of drug-likeness (QED) is 0.0703. The molecule has 0 aliphatic carbocycles. The highest BCUT2D eigenvalue weighted by atomic mass is 35.6. The van der Waals surface area contributed by atoms with Gasteiger partial charge in [-0.25, -0.2) is 4.79 Å². The van der Waals surface area contributed by atoms with Crippen molar-refractivity contribution in [2.75, 3.05) is 31.3 Å². The van der Waals surface area contributed by atoms with Crippen LogP contribution in [0.5, 0.6) is 5.75 Å². The summed E-state index contributed by atoms with van der Waals surface area (Å²) in [4.78, 5) is 65.5. The number of alkyl carbamates (subject to hydrolysis) is 1. The highest BCUT2D eigenvalue weighted by Gasteiger charge is 2.50. The summed E-state index contributed by atoms with van der Waals surface area (Å²) >= 11 is 17.6. The largest absolute Gasteiger partial charge is 0.508 e. The fraction of sp³-hybridized carbons (Fsp3) is 0.465. The van der Waals surface area contributed by atoms with Crippen molar-refractivity contribution >= 4 is 70.4 Å². The van der Waals surface area contributed by atoms with Gasteiger partial charge in [0.1, 0.15) is 36.7 Å². The summed E-state index contributed by atoms with van der Waals surface area (Å²) in [5.41, 5.74) is 2.06. The third-order valence-corrected chi connectivity index (χ3v) is 9.50. The van der Waals surface area contributed by atoms with Gasteiger partial charge in [0.15, 0.2) is 6.29 Å². The van der Waals surface area contributed by atoms with Crippen LogP contribution in [0.25, 0.3) is 0 Å². The lowest BCUT2D eigenvalue weighted by molar-refractivity contribution is -0.262. The SMILES string of the molecule is CC(=O)O[C@H](C)CC(=O)O[C@H]1[C@H](Cc2ccccc2)C(COCc2ccccc2)OC(OCCN(C(=O)C[C@@H](C)OC(C)=O)c2cccc(O)c2)[C@H]1NC(=O)OCC(Cl)(Cl)Cl. The number of phenolic OH excluding ortho intramolecular Hbond substituents is 1. The lowest BCUT2D eigenvalue weighted by Crippen LogP contribution is -2.64. The molecule has 332 valence electrons. The van der Waals surface area contributed by atoms with Crippen LogP contribution >= 0.6 is 34.8 Å². The lowest BCUT2D eigenvalue weighted by Gasteiger charge is -2.46. The van der Waals surface area contributed by atoms with Crippen LogP contribution in [-0.2, 0) is 65.4 Å². The number of ether oxygens (including phenoxy) is 7. The van der Waals surface area contributed by atoms with E-state index in [1.54, 1.807) is 19.1 Å². The number of aromatic hydroxyl groups is 1. The zero-order valence-electron chi connectivity index (χ0n) is 34.2. The number of hydrogen-bond acceptors (Lipinski definition) is 13. The minimum absolute atomic E-state index is 0.0173. The highest BCUT2D eigenvalue weighted by molar-refractivity contribution is 6.67. The number of hydrogen-bond donors (Lipinski definition) is 2. The standard InChI is InChI=1S/C43H51Cl3N2O13/c1-27(58-29(3)49)20-37(52)48(33-16-11-17-34(51)23-33)18-19-56-41-39(47-42(54)57-26-43(44,45)46)40(61-38(53)21-28(2)59-30(4)50)35(22-31-12-7-5-8-13-31)36(60-41)25-55-24-32-14-9-6-10-15-32/h5-17,23,27-28,35-36,39-41,51H,18-22,24-26H2,1-4H3,(H,47,54)/t27-,28-,35-,36?,39+,40+,41?/m1/s1. The van der Waals surface area contributed by atoms with Gasteiger partial charge in [-0.05, 0) is 43.5 Å². The summed E-state index contributed by atoms with van der Waals surface area (Å²) in [7, 11) is 0. The van der Waals surface area contributed by atoms with Crippen molar-refractivity contribution in [3.8, 4) is 5.75 Å². The summed E-state index contributed by atoms with van der Waals surface area (Å²) in [6.45, 7) is 4.77. The second-order valence-corrected chi connectivity index (χ2v) is 16.9. The monoisotopic (exact) mass is 908 g/mol. The van der Waals surface area contributed by atoms with Crippen molar-refractivity contribution in [1.29, 1.82) is 0 Å². The Morgan fingerprint density at radius 3 is 2.08 bits per heavy atom. The van der Waals surface area contributed by atoms with E-state index in [4.69, 9.17) is 68.0 Å². The van der Waals surface area contributed by atoms with E-state index in [0.29, 0.717) is 5.69 Å². The number of nitrogens with zero attached hydrogens (tertiary/aromatic N) is 1. The number of benzene rings is 3. The number of alkyl halides is 3. The van der Waals surface area contributed by atoms with Crippen LogP contribution in [0.2, 0.25) is 0 Å². The minimum Gasteiger partial charge on any atom is -0.508 e. The molecule has 18 heteroatoms. The van der Waals surface area contributed by atoms with Gasteiger partial charge in [0, 0.05) is 38.1 Å². The second kappa shape index (κ2) is 24.1. The number of rotatable bonds is 20. The molecular formula is C43H51Cl3N2O13. The van der Waals surface area contributed by atoms with E-state index in [9.17, 15) is 29.1 Å². The Bertz CT molecular complexity index is 1890. The molecule has 2 unspecified atom stereocenters.